The van der Waals surface area contributed by atoms with Crippen LogP contribution in [0.1, 0.15) is 37.4 Å². The van der Waals surface area contributed by atoms with Crippen molar-refractivity contribution in [2.45, 2.75) is 38.5 Å². The number of nitrogens with zero attached hydrogens (tertiary/aromatic N) is 1. The lowest BCUT2D eigenvalue weighted by molar-refractivity contribution is -0.122. The van der Waals surface area contributed by atoms with Crippen molar-refractivity contribution < 1.29 is 9.53 Å². The monoisotopic (exact) mass is 352 g/mol. The molecular weight excluding hydrogens is 328 g/mol. The first-order valence-corrected chi connectivity index (χ1v) is 8.77. The number of nitrogens with one attached hydrogen (secondary N) is 3. The van der Waals surface area contributed by atoms with Crippen molar-refractivity contribution in [2.75, 3.05) is 0 Å². The molecule has 6 heteroatoms. The van der Waals surface area contributed by atoms with Crippen molar-refractivity contribution >= 4 is 12.1 Å². The van der Waals surface area contributed by atoms with E-state index in [2.05, 4.69) is 21.4 Å². The van der Waals surface area contributed by atoms with E-state index in [1.54, 1.807) is 6.21 Å². The number of hydrogen-bond donors (Lipinski definition) is 3. The van der Waals surface area contributed by atoms with E-state index in [0.29, 0.717) is 6.42 Å². The summed E-state index contributed by atoms with van der Waals surface area (Å²) >= 11 is 0. The highest BCUT2D eigenvalue weighted by atomic mass is 16.5. The van der Waals surface area contributed by atoms with Crippen LogP contribution in [0.4, 0.5) is 0 Å². The third kappa shape index (κ3) is 4.91. The summed E-state index contributed by atoms with van der Waals surface area (Å²) in [6.45, 7) is 4.00. The molecule has 3 N–H and O–H groups in total. The molecule has 6 nitrogen and oxygen atoms in total. The molecule has 3 rings (SSSR count). The lowest BCUT2D eigenvalue weighted by Gasteiger charge is -2.13. The minimum Gasteiger partial charge on any atom is -0.491 e. The van der Waals surface area contributed by atoms with Crippen LogP contribution >= 0.6 is 0 Å². The molecule has 1 amide bonds. The van der Waals surface area contributed by atoms with Gasteiger partial charge in [0.25, 0.3) is 5.91 Å². The Balaban J connectivity index is 1.51. The van der Waals surface area contributed by atoms with Crippen LogP contribution < -0.4 is 21.0 Å². The number of ether oxygens (including phenoxy) is 1. The van der Waals surface area contributed by atoms with Crippen LogP contribution in [0.25, 0.3) is 0 Å². The minimum absolute atomic E-state index is 0.0666. The van der Waals surface area contributed by atoms with Crippen molar-refractivity contribution in [1.82, 2.24) is 16.3 Å². The fraction of sp³-hybridized carbons (Fsp3) is 0.300. The van der Waals surface area contributed by atoms with Crippen LogP contribution in [0.5, 0.6) is 5.75 Å². The standard InChI is InChI=1S/C20H24N4O2/c1-14(2)26-17-10-8-16(9-11-17)18-12-19(23-22-18)20(25)24-21-13-15-6-4-3-5-7-15/h3-11,13-14,18-19,22-23H,12H2,1-2H3,(H,24,25)/b21-13+. The molecule has 2 aromatic rings. The van der Waals surface area contributed by atoms with Crippen molar-refractivity contribution in [3.05, 3.63) is 65.7 Å². The molecule has 2 unspecified atom stereocenters. The molecule has 26 heavy (non-hydrogen) atoms. The zero-order valence-electron chi connectivity index (χ0n) is 15.0. The average Bonchev–Trinajstić information content (AvgIpc) is 3.13. The molecule has 2 aromatic carbocycles. The van der Waals surface area contributed by atoms with Gasteiger partial charge in [-0.05, 0) is 43.5 Å². The van der Waals surface area contributed by atoms with Crippen LogP contribution in [0.3, 0.4) is 0 Å². The normalized spacial score (nSPS) is 19.8. The number of carbonyl (C=O) groups is 1. The Labute approximate surface area is 153 Å². The first-order chi connectivity index (χ1) is 12.6. The summed E-state index contributed by atoms with van der Waals surface area (Å²) in [4.78, 5) is 12.2. The Kier molecular flexibility index (Phi) is 5.99. The highest BCUT2D eigenvalue weighted by molar-refractivity contribution is 5.85. The highest BCUT2D eigenvalue weighted by Gasteiger charge is 2.30. The summed E-state index contributed by atoms with van der Waals surface area (Å²) in [7, 11) is 0. The quantitative estimate of drug-likeness (QED) is 0.552. The number of hydrazine groups is 1. The predicted octanol–water partition coefficient (Wildman–Crippen LogP) is 2.53. The second kappa shape index (κ2) is 8.60. The molecule has 0 saturated carbocycles. The Bertz CT molecular complexity index is 744. The summed E-state index contributed by atoms with van der Waals surface area (Å²) in [5.74, 6) is 0.686. The first kappa shape index (κ1) is 18.1. The lowest BCUT2D eigenvalue weighted by atomic mass is 10.0. The van der Waals surface area contributed by atoms with Gasteiger partial charge in [-0.25, -0.2) is 16.3 Å². The van der Waals surface area contributed by atoms with Crippen LogP contribution in [-0.4, -0.2) is 24.3 Å². The molecule has 0 bridgehead atoms. The molecule has 1 aliphatic rings. The zero-order valence-corrected chi connectivity index (χ0v) is 15.0. The van der Waals surface area contributed by atoms with E-state index in [0.717, 1.165) is 16.9 Å². The van der Waals surface area contributed by atoms with Gasteiger partial charge in [0.05, 0.1) is 12.3 Å². The molecule has 0 aliphatic carbocycles. The van der Waals surface area contributed by atoms with Gasteiger partial charge in [-0.3, -0.25) is 4.79 Å². The van der Waals surface area contributed by atoms with Gasteiger partial charge in [-0.1, -0.05) is 42.5 Å². The number of rotatable bonds is 6. The molecule has 1 saturated heterocycles. The van der Waals surface area contributed by atoms with E-state index < -0.39 is 0 Å². The maximum atomic E-state index is 12.2. The van der Waals surface area contributed by atoms with Gasteiger partial charge in [-0.15, -0.1) is 0 Å². The molecule has 2 atom stereocenters. The van der Waals surface area contributed by atoms with E-state index in [-0.39, 0.29) is 24.1 Å². The number of amides is 1. The summed E-state index contributed by atoms with van der Waals surface area (Å²) in [5.41, 5.74) is 10.8. The Morgan fingerprint density at radius 3 is 2.58 bits per heavy atom. The molecule has 136 valence electrons. The summed E-state index contributed by atoms with van der Waals surface area (Å²) in [6.07, 6.45) is 2.43. The molecule has 0 aromatic heterocycles. The third-order valence-electron chi connectivity index (χ3n) is 4.06. The number of carbonyl (C=O) groups excluding carboxylic acids is 1. The zero-order chi connectivity index (χ0) is 18.4. The number of hydrogen-bond acceptors (Lipinski definition) is 5. The minimum atomic E-state index is -0.334. The molecule has 1 fully saturated rings. The van der Waals surface area contributed by atoms with Crippen LogP contribution in [-0.2, 0) is 4.79 Å². The number of hydrazone groups is 1. The average molecular weight is 352 g/mol. The number of benzene rings is 2. The third-order valence-corrected chi connectivity index (χ3v) is 4.06. The van der Waals surface area contributed by atoms with Crippen molar-refractivity contribution in [1.29, 1.82) is 0 Å². The van der Waals surface area contributed by atoms with Gasteiger partial charge >= 0.3 is 0 Å². The lowest BCUT2D eigenvalue weighted by Crippen LogP contribution is -2.41. The highest BCUT2D eigenvalue weighted by Crippen LogP contribution is 2.24. The van der Waals surface area contributed by atoms with Gasteiger partial charge in [0, 0.05) is 6.04 Å². The van der Waals surface area contributed by atoms with Gasteiger partial charge in [0.1, 0.15) is 11.8 Å². The van der Waals surface area contributed by atoms with E-state index in [4.69, 9.17) is 4.74 Å². The SMILES string of the molecule is CC(C)Oc1ccc(C2CC(C(=O)N/N=C/c3ccccc3)NN2)cc1. The van der Waals surface area contributed by atoms with Crippen LogP contribution in [0, 0.1) is 0 Å². The first-order valence-electron chi connectivity index (χ1n) is 8.77. The topological polar surface area (TPSA) is 74.8 Å². The van der Waals surface area contributed by atoms with Gasteiger partial charge < -0.3 is 4.74 Å². The van der Waals surface area contributed by atoms with Crippen molar-refractivity contribution in [2.24, 2.45) is 5.10 Å². The van der Waals surface area contributed by atoms with Crippen molar-refractivity contribution in [3.63, 3.8) is 0 Å². The largest absolute Gasteiger partial charge is 0.491 e. The van der Waals surface area contributed by atoms with Gasteiger partial charge in [0.2, 0.25) is 0 Å². The molecular formula is C20H24N4O2. The second-order valence-electron chi connectivity index (χ2n) is 6.51. The Morgan fingerprint density at radius 1 is 1.15 bits per heavy atom. The maximum Gasteiger partial charge on any atom is 0.258 e. The predicted molar refractivity (Wildman–Crippen MR) is 102 cm³/mol. The van der Waals surface area contributed by atoms with E-state index in [9.17, 15) is 4.79 Å². The van der Waals surface area contributed by atoms with Gasteiger partial charge in [-0.2, -0.15) is 5.10 Å². The smallest absolute Gasteiger partial charge is 0.258 e. The summed E-state index contributed by atoms with van der Waals surface area (Å²) in [6, 6.07) is 17.3. The van der Waals surface area contributed by atoms with Crippen molar-refractivity contribution in [3.8, 4) is 5.75 Å². The molecule has 1 heterocycles. The van der Waals surface area contributed by atoms with Crippen LogP contribution in [0.15, 0.2) is 59.7 Å². The molecule has 1 aliphatic heterocycles. The summed E-state index contributed by atoms with van der Waals surface area (Å²) in [5, 5.41) is 4.01. The fourth-order valence-electron chi connectivity index (χ4n) is 2.79. The molecule has 0 radical (unpaired) electrons. The molecule has 0 spiro atoms. The van der Waals surface area contributed by atoms with E-state index in [1.165, 1.54) is 0 Å². The summed E-state index contributed by atoms with van der Waals surface area (Å²) < 4.78 is 5.66. The second-order valence-corrected chi connectivity index (χ2v) is 6.51. The van der Waals surface area contributed by atoms with Crippen LogP contribution in [0.2, 0.25) is 0 Å². The van der Waals surface area contributed by atoms with E-state index in [1.807, 2.05) is 68.4 Å². The Morgan fingerprint density at radius 2 is 1.88 bits per heavy atom. The fourth-order valence-corrected chi connectivity index (χ4v) is 2.79. The Hall–Kier alpha value is -2.70. The van der Waals surface area contributed by atoms with Gasteiger partial charge in [0.15, 0.2) is 0 Å². The van der Waals surface area contributed by atoms with E-state index >= 15 is 0 Å². The maximum absolute atomic E-state index is 12.2.